The van der Waals surface area contributed by atoms with E-state index < -0.39 is 27.9 Å². The third-order valence-corrected chi connectivity index (χ3v) is 6.45. The maximum atomic E-state index is 13.0. The first kappa shape index (κ1) is 16.9. The molecular weight excluding hydrogens is 332 g/mol. The highest BCUT2D eigenvalue weighted by molar-refractivity contribution is 7.89. The number of nitrogens with zero attached hydrogens (tertiary/aromatic N) is 1. The van der Waals surface area contributed by atoms with Crippen molar-refractivity contribution in [2.45, 2.75) is 36.6 Å². The zero-order valence-electron chi connectivity index (χ0n) is 13.4. The minimum absolute atomic E-state index is 0.132. The first-order valence-corrected chi connectivity index (χ1v) is 9.35. The van der Waals surface area contributed by atoms with Crippen LogP contribution >= 0.6 is 0 Å². The molecular formula is C16H20N2O5S. The van der Waals surface area contributed by atoms with Gasteiger partial charge in [-0.2, -0.15) is 4.31 Å². The van der Waals surface area contributed by atoms with Gasteiger partial charge in [0.15, 0.2) is 0 Å². The van der Waals surface area contributed by atoms with Gasteiger partial charge >= 0.3 is 5.97 Å². The molecule has 2 aliphatic rings. The van der Waals surface area contributed by atoms with Crippen molar-refractivity contribution in [3.63, 3.8) is 0 Å². The summed E-state index contributed by atoms with van der Waals surface area (Å²) in [5, 5.41) is 2.60. The molecule has 1 heterocycles. The van der Waals surface area contributed by atoms with Gasteiger partial charge in [-0.25, -0.2) is 8.42 Å². The molecule has 0 spiro atoms. The molecule has 1 aliphatic carbocycles. The number of nitrogens with one attached hydrogen (secondary N) is 1. The summed E-state index contributed by atoms with van der Waals surface area (Å²) in [5.41, 5.74) is 2.22. The molecule has 1 saturated heterocycles. The van der Waals surface area contributed by atoms with Gasteiger partial charge in [-0.15, -0.1) is 0 Å². The Bertz CT molecular complexity index is 775. The van der Waals surface area contributed by atoms with Crippen LogP contribution in [0.3, 0.4) is 0 Å². The standard InChI is InChI=1S/C16H20N2O5S/c1-23-15(19)10-14-16(20)17-7-8-18(14)24(21,22)13-6-5-11-3-2-4-12(11)9-13/h5-6,9,14H,2-4,7-8,10H2,1H3,(H,17,20). The van der Waals surface area contributed by atoms with Crippen LogP contribution in [0.25, 0.3) is 0 Å². The van der Waals surface area contributed by atoms with Crippen molar-refractivity contribution < 1.29 is 22.7 Å². The second-order valence-electron chi connectivity index (χ2n) is 5.99. The first-order valence-electron chi connectivity index (χ1n) is 7.91. The van der Waals surface area contributed by atoms with Crippen LogP contribution in [0, 0.1) is 0 Å². The van der Waals surface area contributed by atoms with Crippen molar-refractivity contribution in [2.24, 2.45) is 0 Å². The molecule has 1 atom stereocenters. The lowest BCUT2D eigenvalue weighted by molar-refractivity contribution is -0.144. The molecule has 0 saturated carbocycles. The minimum atomic E-state index is -3.85. The number of esters is 1. The fourth-order valence-electron chi connectivity index (χ4n) is 3.26. The van der Waals surface area contributed by atoms with Crippen LogP contribution in [-0.4, -0.2) is 50.8 Å². The topological polar surface area (TPSA) is 92.8 Å². The number of sulfonamides is 1. The van der Waals surface area contributed by atoms with Crippen molar-refractivity contribution in [1.29, 1.82) is 0 Å². The van der Waals surface area contributed by atoms with Gasteiger partial charge in [0.25, 0.3) is 0 Å². The average molecular weight is 352 g/mol. The number of benzene rings is 1. The lowest BCUT2D eigenvalue weighted by atomic mass is 10.1. The zero-order valence-corrected chi connectivity index (χ0v) is 14.3. The fraction of sp³-hybridized carbons (Fsp3) is 0.500. The number of rotatable bonds is 4. The quantitative estimate of drug-likeness (QED) is 0.783. The Kier molecular flexibility index (Phi) is 4.60. The summed E-state index contributed by atoms with van der Waals surface area (Å²) in [4.78, 5) is 23.8. The number of aryl methyl sites for hydroxylation is 2. The fourth-order valence-corrected chi connectivity index (χ4v) is 4.90. The highest BCUT2D eigenvalue weighted by Gasteiger charge is 2.40. The van der Waals surface area contributed by atoms with E-state index in [9.17, 15) is 18.0 Å². The Morgan fingerprint density at radius 2 is 2.08 bits per heavy atom. The number of carbonyl (C=O) groups is 2. The molecule has 24 heavy (non-hydrogen) atoms. The second kappa shape index (κ2) is 6.52. The molecule has 1 amide bonds. The van der Waals surface area contributed by atoms with Gasteiger partial charge in [-0.05, 0) is 42.5 Å². The molecule has 1 N–H and O–H groups in total. The van der Waals surface area contributed by atoms with E-state index in [1.165, 1.54) is 12.7 Å². The van der Waals surface area contributed by atoms with Crippen molar-refractivity contribution in [2.75, 3.05) is 20.2 Å². The van der Waals surface area contributed by atoms with E-state index in [1.807, 2.05) is 6.07 Å². The Labute approximate surface area is 141 Å². The van der Waals surface area contributed by atoms with Gasteiger partial charge in [-0.3, -0.25) is 9.59 Å². The molecule has 1 aromatic rings. The Morgan fingerprint density at radius 3 is 2.83 bits per heavy atom. The van der Waals surface area contributed by atoms with Crippen molar-refractivity contribution in [1.82, 2.24) is 9.62 Å². The smallest absolute Gasteiger partial charge is 0.307 e. The molecule has 0 bridgehead atoms. The third kappa shape index (κ3) is 3.03. The number of piperazine rings is 1. The Hall–Kier alpha value is -1.93. The molecule has 7 nitrogen and oxygen atoms in total. The summed E-state index contributed by atoms with van der Waals surface area (Å²) in [7, 11) is -2.64. The van der Waals surface area contributed by atoms with Crippen LogP contribution in [0.1, 0.15) is 24.0 Å². The van der Waals surface area contributed by atoms with E-state index in [-0.39, 0.29) is 24.4 Å². The molecule has 0 aromatic heterocycles. The predicted molar refractivity (Wildman–Crippen MR) is 85.8 cm³/mol. The number of hydrogen-bond acceptors (Lipinski definition) is 5. The normalized spacial score (nSPS) is 21.2. The lowest BCUT2D eigenvalue weighted by Gasteiger charge is -2.33. The molecule has 130 valence electrons. The second-order valence-corrected chi connectivity index (χ2v) is 7.88. The van der Waals surface area contributed by atoms with Crippen LogP contribution in [-0.2, 0) is 37.2 Å². The van der Waals surface area contributed by atoms with E-state index in [0.717, 1.165) is 29.1 Å². The molecule has 1 fully saturated rings. The third-order valence-electron chi connectivity index (χ3n) is 4.55. The predicted octanol–water partition coefficient (Wildman–Crippen LogP) is 0.228. The zero-order chi connectivity index (χ0) is 17.3. The number of hydrogen-bond donors (Lipinski definition) is 1. The molecule has 1 aromatic carbocycles. The summed E-state index contributed by atoms with van der Waals surface area (Å²) in [6, 6.07) is 4.04. The molecule has 1 unspecified atom stereocenters. The van der Waals surface area contributed by atoms with Crippen molar-refractivity contribution in [3.05, 3.63) is 29.3 Å². The average Bonchev–Trinajstić information content (AvgIpc) is 3.04. The number of fused-ring (bicyclic) bond motifs is 1. The van der Waals surface area contributed by atoms with Gasteiger partial charge in [-0.1, -0.05) is 6.07 Å². The van der Waals surface area contributed by atoms with Crippen LogP contribution in [0.5, 0.6) is 0 Å². The van der Waals surface area contributed by atoms with Gasteiger partial charge in [0.2, 0.25) is 15.9 Å². The van der Waals surface area contributed by atoms with E-state index >= 15 is 0 Å². The van der Waals surface area contributed by atoms with E-state index in [0.29, 0.717) is 0 Å². The van der Waals surface area contributed by atoms with Crippen LogP contribution in [0.2, 0.25) is 0 Å². The summed E-state index contributed by atoms with van der Waals surface area (Å²) in [5.74, 6) is -1.09. The highest BCUT2D eigenvalue weighted by Crippen LogP contribution is 2.28. The molecule has 3 rings (SSSR count). The van der Waals surface area contributed by atoms with Gasteiger partial charge in [0.05, 0.1) is 18.4 Å². The van der Waals surface area contributed by atoms with Gasteiger partial charge in [0.1, 0.15) is 6.04 Å². The Morgan fingerprint density at radius 1 is 1.33 bits per heavy atom. The van der Waals surface area contributed by atoms with E-state index in [2.05, 4.69) is 10.1 Å². The Balaban J connectivity index is 1.94. The molecule has 8 heteroatoms. The maximum Gasteiger partial charge on any atom is 0.307 e. The molecule has 0 radical (unpaired) electrons. The lowest BCUT2D eigenvalue weighted by Crippen LogP contribution is -2.57. The van der Waals surface area contributed by atoms with E-state index in [4.69, 9.17) is 0 Å². The number of carbonyl (C=O) groups excluding carboxylic acids is 2. The summed E-state index contributed by atoms with van der Waals surface area (Å²) in [6.07, 6.45) is 2.56. The molecule has 1 aliphatic heterocycles. The van der Waals surface area contributed by atoms with Crippen LogP contribution < -0.4 is 5.32 Å². The number of methoxy groups -OCH3 is 1. The van der Waals surface area contributed by atoms with E-state index in [1.54, 1.807) is 12.1 Å². The van der Waals surface area contributed by atoms with Crippen molar-refractivity contribution >= 4 is 21.9 Å². The van der Waals surface area contributed by atoms with Crippen molar-refractivity contribution in [3.8, 4) is 0 Å². The summed E-state index contributed by atoms with van der Waals surface area (Å²) in [6.45, 7) is 0.355. The van der Waals surface area contributed by atoms with Crippen LogP contribution in [0.4, 0.5) is 0 Å². The highest BCUT2D eigenvalue weighted by atomic mass is 32.2. The number of ether oxygens (including phenoxy) is 1. The SMILES string of the molecule is COC(=O)CC1C(=O)NCCN1S(=O)(=O)c1ccc2c(c1)CCC2. The van der Waals surface area contributed by atoms with Crippen LogP contribution in [0.15, 0.2) is 23.1 Å². The first-order chi connectivity index (χ1) is 11.4. The number of amides is 1. The minimum Gasteiger partial charge on any atom is -0.469 e. The monoisotopic (exact) mass is 352 g/mol. The summed E-state index contributed by atoms with van der Waals surface area (Å²) >= 11 is 0. The van der Waals surface area contributed by atoms with Gasteiger partial charge < -0.3 is 10.1 Å². The summed E-state index contributed by atoms with van der Waals surface area (Å²) < 4.78 is 31.7. The van der Waals surface area contributed by atoms with Gasteiger partial charge in [0, 0.05) is 13.1 Å². The largest absolute Gasteiger partial charge is 0.469 e. The maximum absolute atomic E-state index is 13.0.